The largest absolute Gasteiger partial charge is 0.388 e. The minimum atomic E-state index is -0.742. The predicted octanol–water partition coefficient (Wildman–Crippen LogP) is 2.84. The van der Waals surface area contributed by atoms with Crippen molar-refractivity contribution in [2.24, 2.45) is 5.92 Å². The highest BCUT2D eigenvalue weighted by atomic mass is 16.3. The molecular formula is C17H22N2O2. The van der Waals surface area contributed by atoms with Gasteiger partial charge < -0.3 is 15.4 Å². The van der Waals surface area contributed by atoms with E-state index >= 15 is 0 Å². The molecule has 0 saturated heterocycles. The van der Waals surface area contributed by atoms with Crippen molar-refractivity contribution in [3.63, 3.8) is 0 Å². The number of amides is 1. The topological polar surface area (TPSA) is 65.1 Å². The molecule has 1 amide bonds. The van der Waals surface area contributed by atoms with Crippen molar-refractivity contribution >= 4 is 16.8 Å². The van der Waals surface area contributed by atoms with Gasteiger partial charge in [-0.15, -0.1) is 0 Å². The van der Waals surface area contributed by atoms with Crippen LogP contribution >= 0.6 is 0 Å². The zero-order valence-corrected chi connectivity index (χ0v) is 12.4. The molecule has 0 atom stereocenters. The lowest BCUT2D eigenvalue weighted by atomic mass is 9.79. The summed E-state index contributed by atoms with van der Waals surface area (Å²) in [5.74, 6) is 0.557. The van der Waals surface area contributed by atoms with Gasteiger partial charge in [0.15, 0.2) is 0 Å². The number of hydrogen-bond donors (Lipinski definition) is 3. The number of aromatic amines is 1. The van der Waals surface area contributed by atoms with Crippen LogP contribution in [0.5, 0.6) is 0 Å². The van der Waals surface area contributed by atoms with Crippen LogP contribution in [0, 0.1) is 5.92 Å². The zero-order chi connectivity index (χ0) is 14.9. The maximum Gasteiger partial charge on any atom is 0.252 e. The summed E-state index contributed by atoms with van der Waals surface area (Å²) in [4.78, 5) is 15.5. The molecule has 0 spiro atoms. The standard InChI is InChI=1S/C17H22N2O2/c1-12-5-8-17(21,9-6-12)11-19-16(20)14-3-2-4-15-13(14)7-10-18-15/h2-4,7,10,12,18,21H,5-6,8-9,11H2,1H3,(H,19,20). The van der Waals surface area contributed by atoms with E-state index in [1.807, 2.05) is 30.5 Å². The Labute approximate surface area is 124 Å². The summed E-state index contributed by atoms with van der Waals surface area (Å²) < 4.78 is 0. The molecule has 3 N–H and O–H groups in total. The van der Waals surface area contributed by atoms with Crippen molar-refractivity contribution in [3.05, 3.63) is 36.0 Å². The SMILES string of the molecule is CC1CCC(O)(CNC(=O)c2cccc3[nH]ccc23)CC1. The number of fused-ring (bicyclic) bond motifs is 1. The first kappa shape index (κ1) is 14.1. The van der Waals surface area contributed by atoms with Gasteiger partial charge in [0.1, 0.15) is 0 Å². The molecule has 2 aromatic rings. The molecule has 1 fully saturated rings. The molecule has 1 aromatic heterocycles. The first-order valence-electron chi connectivity index (χ1n) is 7.64. The fourth-order valence-corrected chi connectivity index (χ4v) is 3.10. The second-order valence-corrected chi connectivity index (χ2v) is 6.33. The van der Waals surface area contributed by atoms with Gasteiger partial charge in [-0.05, 0) is 49.8 Å². The number of carbonyl (C=O) groups excluding carboxylic acids is 1. The maximum absolute atomic E-state index is 12.4. The van der Waals surface area contributed by atoms with Gasteiger partial charge in [0.25, 0.3) is 5.91 Å². The number of nitrogens with one attached hydrogen (secondary N) is 2. The molecule has 0 aliphatic heterocycles. The molecular weight excluding hydrogens is 264 g/mol. The van der Waals surface area contributed by atoms with E-state index in [0.29, 0.717) is 18.0 Å². The van der Waals surface area contributed by atoms with E-state index in [-0.39, 0.29) is 5.91 Å². The van der Waals surface area contributed by atoms with Gasteiger partial charge in [-0.2, -0.15) is 0 Å². The van der Waals surface area contributed by atoms with Gasteiger partial charge in [0.2, 0.25) is 0 Å². The first-order valence-corrected chi connectivity index (χ1v) is 7.64. The molecule has 1 aliphatic carbocycles. The Balaban J connectivity index is 1.68. The number of benzene rings is 1. The van der Waals surface area contributed by atoms with Crippen molar-refractivity contribution in [2.45, 2.75) is 38.2 Å². The highest BCUT2D eigenvalue weighted by Crippen LogP contribution is 2.31. The molecule has 1 aromatic carbocycles. The molecule has 0 unspecified atom stereocenters. The van der Waals surface area contributed by atoms with E-state index in [4.69, 9.17) is 0 Å². The third-order valence-corrected chi connectivity index (χ3v) is 4.62. The van der Waals surface area contributed by atoms with Gasteiger partial charge in [-0.25, -0.2) is 0 Å². The van der Waals surface area contributed by atoms with Crippen LogP contribution in [-0.2, 0) is 0 Å². The molecule has 1 heterocycles. The van der Waals surface area contributed by atoms with Crippen LogP contribution in [0.1, 0.15) is 43.0 Å². The average molecular weight is 286 g/mol. The summed E-state index contributed by atoms with van der Waals surface area (Å²) in [6.07, 6.45) is 5.42. The highest BCUT2D eigenvalue weighted by molar-refractivity contribution is 6.06. The molecule has 4 heteroatoms. The van der Waals surface area contributed by atoms with E-state index in [0.717, 1.165) is 36.6 Å². The summed E-state index contributed by atoms with van der Waals surface area (Å²) in [5.41, 5.74) is 0.864. The van der Waals surface area contributed by atoms with Gasteiger partial charge in [-0.3, -0.25) is 4.79 Å². The van der Waals surface area contributed by atoms with E-state index in [9.17, 15) is 9.90 Å². The fraction of sp³-hybridized carbons (Fsp3) is 0.471. The fourth-order valence-electron chi connectivity index (χ4n) is 3.10. The van der Waals surface area contributed by atoms with Crippen molar-refractivity contribution in [1.29, 1.82) is 0 Å². The van der Waals surface area contributed by atoms with E-state index in [1.54, 1.807) is 0 Å². The lowest BCUT2D eigenvalue weighted by Crippen LogP contribution is -2.45. The molecule has 112 valence electrons. The first-order chi connectivity index (χ1) is 10.1. The molecule has 1 saturated carbocycles. The zero-order valence-electron chi connectivity index (χ0n) is 12.4. The predicted molar refractivity (Wildman–Crippen MR) is 83.2 cm³/mol. The van der Waals surface area contributed by atoms with Crippen LogP contribution in [0.25, 0.3) is 10.9 Å². The Morgan fingerprint density at radius 1 is 1.38 bits per heavy atom. The summed E-state index contributed by atoms with van der Waals surface area (Å²) in [6, 6.07) is 7.53. The smallest absolute Gasteiger partial charge is 0.252 e. The summed E-state index contributed by atoms with van der Waals surface area (Å²) in [6.45, 7) is 2.55. The quantitative estimate of drug-likeness (QED) is 0.812. The number of aliphatic hydroxyl groups is 1. The van der Waals surface area contributed by atoms with E-state index < -0.39 is 5.60 Å². The van der Waals surface area contributed by atoms with Gasteiger partial charge >= 0.3 is 0 Å². The lowest BCUT2D eigenvalue weighted by Gasteiger charge is -2.34. The van der Waals surface area contributed by atoms with Gasteiger partial charge in [0.05, 0.1) is 5.60 Å². The Morgan fingerprint density at radius 2 is 2.14 bits per heavy atom. The number of rotatable bonds is 3. The number of aromatic nitrogens is 1. The minimum absolute atomic E-state index is 0.118. The number of hydrogen-bond acceptors (Lipinski definition) is 2. The Morgan fingerprint density at radius 3 is 2.90 bits per heavy atom. The van der Waals surface area contributed by atoms with E-state index in [1.165, 1.54) is 0 Å². The third-order valence-electron chi connectivity index (χ3n) is 4.62. The minimum Gasteiger partial charge on any atom is -0.388 e. The van der Waals surface area contributed by atoms with Crippen LogP contribution in [-0.4, -0.2) is 28.1 Å². The molecule has 21 heavy (non-hydrogen) atoms. The Bertz CT molecular complexity index is 639. The molecule has 3 rings (SSSR count). The average Bonchev–Trinajstić information content (AvgIpc) is 2.97. The second-order valence-electron chi connectivity index (χ2n) is 6.33. The lowest BCUT2D eigenvalue weighted by molar-refractivity contribution is -0.00538. The number of carbonyl (C=O) groups is 1. The van der Waals surface area contributed by atoms with Gasteiger partial charge in [-0.1, -0.05) is 13.0 Å². The summed E-state index contributed by atoms with van der Waals surface area (Å²) in [5, 5.41) is 14.4. The van der Waals surface area contributed by atoms with Crippen LogP contribution in [0.3, 0.4) is 0 Å². The van der Waals surface area contributed by atoms with Crippen LogP contribution in [0.15, 0.2) is 30.5 Å². The number of H-pyrrole nitrogens is 1. The van der Waals surface area contributed by atoms with E-state index in [2.05, 4.69) is 17.2 Å². The summed E-state index contributed by atoms with van der Waals surface area (Å²) >= 11 is 0. The van der Waals surface area contributed by atoms with Crippen molar-refractivity contribution in [2.75, 3.05) is 6.54 Å². The van der Waals surface area contributed by atoms with Crippen molar-refractivity contribution < 1.29 is 9.90 Å². The third kappa shape index (κ3) is 2.95. The highest BCUT2D eigenvalue weighted by Gasteiger charge is 2.32. The summed E-state index contributed by atoms with van der Waals surface area (Å²) in [7, 11) is 0. The van der Waals surface area contributed by atoms with Crippen LogP contribution < -0.4 is 5.32 Å². The monoisotopic (exact) mass is 286 g/mol. The maximum atomic E-state index is 12.4. The van der Waals surface area contributed by atoms with Gasteiger partial charge in [0, 0.05) is 29.2 Å². The molecule has 0 radical (unpaired) electrons. The van der Waals surface area contributed by atoms with Crippen molar-refractivity contribution in [3.8, 4) is 0 Å². The van der Waals surface area contributed by atoms with Crippen LogP contribution in [0.2, 0.25) is 0 Å². The molecule has 4 nitrogen and oxygen atoms in total. The molecule has 1 aliphatic rings. The second kappa shape index (κ2) is 5.53. The Kier molecular flexibility index (Phi) is 3.72. The van der Waals surface area contributed by atoms with Crippen LogP contribution in [0.4, 0.5) is 0 Å². The normalized spacial score (nSPS) is 25.9. The van der Waals surface area contributed by atoms with Crippen molar-refractivity contribution in [1.82, 2.24) is 10.3 Å². The molecule has 0 bridgehead atoms. The Hall–Kier alpha value is -1.81.